The highest BCUT2D eigenvalue weighted by Gasteiger charge is 2.11. The molecule has 21 heavy (non-hydrogen) atoms. The molecule has 0 radical (unpaired) electrons. The first kappa shape index (κ1) is 15.5. The summed E-state index contributed by atoms with van der Waals surface area (Å²) in [5, 5.41) is 4.43. The monoisotopic (exact) mass is 291 g/mol. The highest BCUT2D eigenvalue weighted by Crippen LogP contribution is 2.19. The topological polar surface area (TPSA) is 30.3 Å². The van der Waals surface area contributed by atoms with Crippen LogP contribution < -0.4 is 4.74 Å². The third kappa shape index (κ3) is 3.82. The third-order valence-corrected chi connectivity index (χ3v) is 3.51. The number of ether oxygens (including phenoxy) is 1. The van der Waals surface area contributed by atoms with Crippen molar-refractivity contribution in [3.05, 3.63) is 47.0 Å². The quantitative estimate of drug-likeness (QED) is 0.819. The van der Waals surface area contributed by atoms with Gasteiger partial charge >= 0.3 is 0 Å². The lowest BCUT2D eigenvalue weighted by molar-refractivity contribution is 0.311. The van der Waals surface area contributed by atoms with Gasteiger partial charge in [0.25, 0.3) is 0 Å². The minimum atomic E-state index is -0.205. The molecule has 114 valence electrons. The van der Waals surface area contributed by atoms with Crippen molar-refractivity contribution < 1.29 is 9.13 Å². The van der Waals surface area contributed by atoms with E-state index in [2.05, 4.69) is 16.9 Å². The number of nitrogens with zero attached hydrogens (tertiary/aromatic N) is 3. The number of halogens is 1. The second-order valence-corrected chi connectivity index (χ2v) is 5.23. The number of rotatable bonds is 6. The van der Waals surface area contributed by atoms with Crippen LogP contribution in [0.5, 0.6) is 5.75 Å². The third-order valence-electron chi connectivity index (χ3n) is 3.51. The molecule has 0 fully saturated rings. The highest BCUT2D eigenvalue weighted by atomic mass is 19.1. The largest absolute Gasteiger partial charge is 0.497 e. The van der Waals surface area contributed by atoms with E-state index in [1.165, 1.54) is 11.6 Å². The summed E-state index contributed by atoms with van der Waals surface area (Å²) in [6.07, 6.45) is 2.05. The molecule has 0 unspecified atom stereocenters. The number of hydrogen-bond acceptors (Lipinski definition) is 3. The first-order valence-corrected chi connectivity index (χ1v) is 7.07. The number of aryl methyl sites for hydroxylation is 2. The zero-order valence-electron chi connectivity index (χ0n) is 13.1. The van der Waals surface area contributed by atoms with Gasteiger partial charge in [-0.2, -0.15) is 5.10 Å². The van der Waals surface area contributed by atoms with E-state index in [1.807, 2.05) is 24.9 Å². The molecule has 0 aliphatic carbocycles. The molecular weight excluding hydrogens is 269 g/mol. The fourth-order valence-electron chi connectivity index (χ4n) is 2.31. The number of benzene rings is 1. The van der Waals surface area contributed by atoms with E-state index in [-0.39, 0.29) is 5.82 Å². The van der Waals surface area contributed by atoms with Gasteiger partial charge in [0.15, 0.2) is 0 Å². The summed E-state index contributed by atoms with van der Waals surface area (Å²) in [5.41, 5.74) is 2.83. The van der Waals surface area contributed by atoms with E-state index < -0.39 is 0 Å². The van der Waals surface area contributed by atoms with Crippen molar-refractivity contribution in [2.24, 2.45) is 0 Å². The maximum Gasteiger partial charge on any atom is 0.127 e. The molecule has 5 heteroatoms. The molecule has 0 saturated carbocycles. The Kier molecular flexibility index (Phi) is 4.96. The van der Waals surface area contributed by atoms with Crippen molar-refractivity contribution >= 4 is 0 Å². The Morgan fingerprint density at radius 1 is 1.29 bits per heavy atom. The van der Waals surface area contributed by atoms with Gasteiger partial charge in [0.2, 0.25) is 0 Å². The Morgan fingerprint density at radius 2 is 2.00 bits per heavy atom. The fraction of sp³-hybridized carbons (Fsp3) is 0.438. The van der Waals surface area contributed by atoms with Crippen molar-refractivity contribution in [3.8, 4) is 5.75 Å². The SMILES string of the molecule is CCn1cc(CN(C)Cc2cc(OC)ccc2F)c(C)n1. The Morgan fingerprint density at radius 3 is 2.62 bits per heavy atom. The maximum atomic E-state index is 13.8. The van der Waals surface area contributed by atoms with Gasteiger partial charge in [-0.3, -0.25) is 9.58 Å². The average molecular weight is 291 g/mol. The van der Waals surface area contributed by atoms with Gasteiger partial charge in [-0.05, 0) is 39.1 Å². The zero-order valence-corrected chi connectivity index (χ0v) is 13.1. The van der Waals surface area contributed by atoms with Crippen molar-refractivity contribution in [2.75, 3.05) is 14.2 Å². The Bertz CT molecular complexity index is 610. The molecule has 4 nitrogen and oxygen atoms in total. The van der Waals surface area contributed by atoms with Gasteiger partial charge < -0.3 is 4.74 Å². The van der Waals surface area contributed by atoms with Crippen LogP contribution in [0, 0.1) is 12.7 Å². The van der Waals surface area contributed by atoms with Gasteiger partial charge in [0.05, 0.1) is 12.8 Å². The van der Waals surface area contributed by atoms with Gasteiger partial charge in [0.1, 0.15) is 11.6 Å². The van der Waals surface area contributed by atoms with Crippen molar-refractivity contribution in [3.63, 3.8) is 0 Å². The highest BCUT2D eigenvalue weighted by molar-refractivity contribution is 5.29. The van der Waals surface area contributed by atoms with Crippen molar-refractivity contribution in [2.45, 2.75) is 33.5 Å². The smallest absolute Gasteiger partial charge is 0.127 e. The molecule has 0 amide bonds. The lowest BCUT2D eigenvalue weighted by Gasteiger charge is -2.17. The van der Waals surface area contributed by atoms with E-state index >= 15 is 0 Å². The summed E-state index contributed by atoms with van der Waals surface area (Å²) in [7, 11) is 3.56. The molecule has 0 aliphatic heterocycles. The van der Waals surface area contributed by atoms with Crippen LogP contribution in [0.15, 0.2) is 24.4 Å². The molecule has 1 heterocycles. The predicted molar refractivity (Wildman–Crippen MR) is 80.8 cm³/mol. The first-order chi connectivity index (χ1) is 10.0. The lowest BCUT2D eigenvalue weighted by atomic mass is 10.1. The molecule has 0 spiro atoms. The predicted octanol–water partition coefficient (Wildman–Crippen LogP) is 2.99. The van der Waals surface area contributed by atoms with E-state index in [1.54, 1.807) is 19.2 Å². The Labute approximate surface area is 125 Å². The van der Waals surface area contributed by atoms with E-state index in [0.717, 1.165) is 18.8 Å². The van der Waals surface area contributed by atoms with Crippen molar-refractivity contribution in [1.29, 1.82) is 0 Å². The van der Waals surface area contributed by atoms with Crippen LogP contribution in [-0.4, -0.2) is 28.8 Å². The molecule has 0 N–H and O–H groups in total. The van der Waals surface area contributed by atoms with Crippen LogP contribution >= 0.6 is 0 Å². The number of methoxy groups -OCH3 is 1. The summed E-state index contributed by atoms with van der Waals surface area (Å²) in [6.45, 7) is 6.18. The zero-order chi connectivity index (χ0) is 15.4. The van der Waals surface area contributed by atoms with Gasteiger partial charge in [0, 0.05) is 37.0 Å². The molecule has 0 aliphatic rings. The maximum absolute atomic E-state index is 13.8. The van der Waals surface area contributed by atoms with E-state index in [4.69, 9.17) is 4.74 Å². The van der Waals surface area contributed by atoms with E-state index in [9.17, 15) is 4.39 Å². The van der Waals surface area contributed by atoms with Crippen LogP contribution in [0.25, 0.3) is 0 Å². The lowest BCUT2D eigenvalue weighted by Crippen LogP contribution is -2.18. The summed E-state index contributed by atoms with van der Waals surface area (Å²) in [4.78, 5) is 2.07. The van der Waals surface area contributed by atoms with E-state index in [0.29, 0.717) is 17.9 Å². The molecule has 1 aromatic heterocycles. The minimum absolute atomic E-state index is 0.205. The minimum Gasteiger partial charge on any atom is -0.497 e. The Balaban J connectivity index is 2.07. The second-order valence-electron chi connectivity index (χ2n) is 5.23. The fourth-order valence-corrected chi connectivity index (χ4v) is 2.31. The van der Waals surface area contributed by atoms with Crippen LogP contribution in [0.3, 0.4) is 0 Å². The summed E-state index contributed by atoms with van der Waals surface area (Å²) in [6, 6.07) is 4.82. The van der Waals surface area contributed by atoms with Gasteiger partial charge in [-0.15, -0.1) is 0 Å². The summed E-state index contributed by atoms with van der Waals surface area (Å²) < 4.78 is 20.9. The molecule has 0 saturated heterocycles. The molecular formula is C16H22FN3O. The van der Waals surface area contributed by atoms with Crippen LogP contribution in [0.4, 0.5) is 4.39 Å². The first-order valence-electron chi connectivity index (χ1n) is 7.07. The second kappa shape index (κ2) is 6.72. The van der Waals surface area contributed by atoms with Crippen molar-refractivity contribution in [1.82, 2.24) is 14.7 Å². The average Bonchev–Trinajstić information content (AvgIpc) is 2.81. The number of aromatic nitrogens is 2. The molecule has 1 aromatic carbocycles. The molecule has 2 aromatic rings. The van der Waals surface area contributed by atoms with Gasteiger partial charge in [-0.25, -0.2) is 4.39 Å². The van der Waals surface area contributed by atoms with Crippen LogP contribution in [-0.2, 0) is 19.6 Å². The number of hydrogen-bond donors (Lipinski definition) is 0. The van der Waals surface area contributed by atoms with Crippen LogP contribution in [0.1, 0.15) is 23.7 Å². The molecule has 2 rings (SSSR count). The normalized spacial score (nSPS) is 11.1. The Hall–Kier alpha value is -1.88. The van der Waals surface area contributed by atoms with Crippen LogP contribution in [0.2, 0.25) is 0 Å². The van der Waals surface area contributed by atoms with Gasteiger partial charge in [-0.1, -0.05) is 0 Å². The molecule has 0 bridgehead atoms. The summed E-state index contributed by atoms with van der Waals surface area (Å²) in [5.74, 6) is 0.471. The standard InChI is InChI=1S/C16H22FN3O/c1-5-20-11-14(12(2)18-20)10-19(3)9-13-8-15(21-4)6-7-16(13)17/h6-8,11H,5,9-10H2,1-4H3. The summed E-state index contributed by atoms with van der Waals surface area (Å²) >= 11 is 0. The molecule has 0 atom stereocenters.